The van der Waals surface area contributed by atoms with Crippen LogP contribution in [0.4, 0.5) is 0 Å². The summed E-state index contributed by atoms with van der Waals surface area (Å²) in [5, 5.41) is 4.26. The molecule has 2 rings (SSSR count). The molecule has 0 bridgehead atoms. The summed E-state index contributed by atoms with van der Waals surface area (Å²) in [4.78, 5) is 14.4. The van der Waals surface area contributed by atoms with E-state index in [4.69, 9.17) is 0 Å². The fourth-order valence-electron chi connectivity index (χ4n) is 2.07. The van der Waals surface area contributed by atoms with Crippen LogP contribution in [0.3, 0.4) is 0 Å². The number of aromatic nitrogens is 2. The number of allylic oxidation sites excluding steroid dienone is 1. The first-order valence-corrected chi connectivity index (χ1v) is 7.16. The van der Waals surface area contributed by atoms with Gasteiger partial charge in [-0.2, -0.15) is 5.10 Å². The highest BCUT2D eigenvalue weighted by Crippen LogP contribution is 2.21. The SMILES string of the molecule is CCn1ncc(/C=C/C(=O)c2cc(C)sc2C)c1C. The van der Waals surface area contributed by atoms with E-state index in [1.54, 1.807) is 23.6 Å². The molecule has 4 heteroatoms. The molecule has 0 unspecified atom stereocenters. The molecule has 0 saturated heterocycles. The Morgan fingerprint density at radius 1 is 1.42 bits per heavy atom. The lowest BCUT2D eigenvalue weighted by molar-refractivity contribution is 0.104. The molecule has 0 amide bonds. The van der Waals surface area contributed by atoms with Gasteiger partial charge >= 0.3 is 0 Å². The van der Waals surface area contributed by atoms with Gasteiger partial charge in [0.15, 0.2) is 5.78 Å². The maximum atomic E-state index is 12.1. The van der Waals surface area contributed by atoms with Crippen LogP contribution in [0.15, 0.2) is 18.3 Å². The van der Waals surface area contributed by atoms with E-state index in [9.17, 15) is 4.79 Å². The summed E-state index contributed by atoms with van der Waals surface area (Å²) in [6.07, 6.45) is 5.29. The fourth-order valence-corrected chi connectivity index (χ4v) is 3.00. The topological polar surface area (TPSA) is 34.9 Å². The lowest BCUT2D eigenvalue weighted by Gasteiger charge is -1.98. The molecule has 19 heavy (non-hydrogen) atoms. The van der Waals surface area contributed by atoms with Crippen molar-refractivity contribution in [3.8, 4) is 0 Å². The van der Waals surface area contributed by atoms with Gasteiger partial charge < -0.3 is 0 Å². The first kappa shape index (κ1) is 13.7. The number of carbonyl (C=O) groups excluding carboxylic acids is 1. The first-order chi connectivity index (χ1) is 9.02. The molecular formula is C15H18N2OS. The molecule has 0 atom stereocenters. The van der Waals surface area contributed by atoms with Crippen LogP contribution in [0, 0.1) is 20.8 Å². The van der Waals surface area contributed by atoms with Gasteiger partial charge in [-0.3, -0.25) is 9.48 Å². The van der Waals surface area contributed by atoms with E-state index >= 15 is 0 Å². The summed E-state index contributed by atoms with van der Waals surface area (Å²) in [7, 11) is 0. The molecule has 0 spiro atoms. The Morgan fingerprint density at radius 3 is 2.68 bits per heavy atom. The molecule has 3 nitrogen and oxygen atoms in total. The number of aryl methyl sites for hydroxylation is 3. The van der Waals surface area contributed by atoms with Crippen molar-refractivity contribution in [3.05, 3.63) is 44.9 Å². The van der Waals surface area contributed by atoms with Crippen molar-refractivity contribution in [3.63, 3.8) is 0 Å². The van der Waals surface area contributed by atoms with Crippen molar-refractivity contribution in [2.24, 2.45) is 0 Å². The van der Waals surface area contributed by atoms with Crippen molar-refractivity contribution < 1.29 is 4.79 Å². The zero-order chi connectivity index (χ0) is 14.0. The molecule has 100 valence electrons. The van der Waals surface area contributed by atoms with Crippen molar-refractivity contribution in [1.29, 1.82) is 0 Å². The van der Waals surface area contributed by atoms with Crippen molar-refractivity contribution in [2.75, 3.05) is 0 Å². The minimum Gasteiger partial charge on any atom is -0.289 e. The molecule has 0 radical (unpaired) electrons. The second-order valence-electron chi connectivity index (χ2n) is 4.53. The molecule has 0 fully saturated rings. The molecule has 2 heterocycles. The van der Waals surface area contributed by atoms with Crippen LogP contribution in [0.1, 0.15) is 38.3 Å². The maximum absolute atomic E-state index is 12.1. The summed E-state index contributed by atoms with van der Waals surface area (Å²) in [5.74, 6) is 0.0606. The van der Waals surface area contributed by atoms with E-state index < -0.39 is 0 Å². The number of ketones is 1. The molecule has 0 aliphatic rings. The number of hydrogen-bond acceptors (Lipinski definition) is 3. The smallest absolute Gasteiger partial charge is 0.186 e. The fraction of sp³-hybridized carbons (Fsp3) is 0.333. The highest BCUT2D eigenvalue weighted by molar-refractivity contribution is 7.12. The molecular weight excluding hydrogens is 256 g/mol. The third-order valence-corrected chi connectivity index (χ3v) is 4.13. The van der Waals surface area contributed by atoms with Gasteiger partial charge in [-0.25, -0.2) is 0 Å². The molecule has 2 aromatic heterocycles. The van der Waals surface area contributed by atoms with E-state index in [0.717, 1.165) is 28.2 Å². The second-order valence-corrected chi connectivity index (χ2v) is 5.99. The number of rotatable bonds is 4. The predicted octanol–water partition coefficient (Wildman–Crippen LogP) is 3.79. The number of hydrogen-bond donors (Lipinski definition) is 0. The van der Waals surface area contributed by atoms with Crippen LogP contribution < -0.4 is 0 Å². The lowest BCUT2D eigenvalue weighted by Crippen LogP contribution is -1.98. The molecule has 2 aromatic rings. The molecule has 0 N–H and O–H groups in total. The summed E-state index contributed by atoms with van der Waals surface area (Å²) in [5.41, 5.74) is 2.89. The van der Waals surface area contributed by atoms with Gasteiger partial charge in [-0.15, -0.1) is 11.3 Å². The zero-order valence-electron chi connectivity index (χ0n) is 11.7. The van der Waals surface area contributed by atoms with Crippen molar-refractivity contribution >= 4 is 23.2 Å². The first-order valence-electron chi connectivity index (χ1n) is 6.34. The maximum Gasteiger partial charge on any atom is 0.186 e. The van der Waals surface area contributed by atoms with Crippen LogP contribution in [0.5, 0.6) is 0 Å². The number of nitrogens with zero attached hydrogens (tertiary/aromatic N) is 2. The summed E-state index contributed by atoms with van der Waals surface area (Å²) >= 11 is 1.66. The Morgan fingerprint density at radius 2 is 2.16 bits per heavy atom. The average Bonchev–Trinajstić information content (AvgIpc) is 2.89. The van der Waals surface area contributed by atoms with Crippen LogP contribution >= 0.6 is 11.3 Å². The quantitative estimate of drug-likeness (QED) is 0.628. The second kappa shape index (κ2) is 5.53. The minimum atomic E-state index is 0.0606. The van der Waals surface area contributed by atoms with Gasteiger partial charge in [-0.05, 0) is 45.9 Å². The van der Waals surface area contributed by atoms with Crippen LogP contribution in [-0.2, 0) is 6.54 Å². The molecule has 0 aliphatic carbocycles. The standard InChI is InChI=1S/C15H18N2OS/c1-5-17-11(3)13(9-16-17)6-7-15(18)14-8-10(2)19-12(14)4/h6-9H,5H2,1-4H3/b7-6+. The molecule has 0 aromatic carbocycles. The average molecular weight is 274 g/mol. The number of thiophene rings is 1. The minimum absolute atomic E-state index is 0.0606. The summed E-state index contributed by atoms with van der Waals surface area (Å²) in [6, 6.07) is 1.95. The highest BCUT2D eigenvalue weighted by Gasteiger charge is 2.09. The van der Waals surface area contributed by atoms with Gasteiger partial charge in [0.2, 0.25) is 0 Å². The highest BCUT2D eigenvalue weighted by atomic mass is 32.1. The largest absolute Gasteiger partial charge is 0.289 e. The van der Waals surface area contributed by atoms with Gasteiger partial charge in [-0.1, -0.05) is 0 Å². The van der Waals surface area contributed by atoms with Gasteiger partial charge in [0, 0.05) is 33.1 Å². The number of carbonyl (C=O) groups is 1. The Labute approximate surface area is 117 Å². The third-order valence-electron chi connectivity index (χ3n) is 3.16. The molecule has 0 aliphatic heterocycles. The molecule has 0 saturated carbocycles. The Kier molecular flexibility index (Phi) is 4.00. The van der Waals surface area contributed by atoms with Crippen LogP contribution in [0.25, 0.3) is 6.08 Å². The van der Waals surface area contributed by atoms with Gasteiger partial charge in [0.25, 0.3) is 0 Å². The monoisotopic (exact) mass is 274 g/mol. The summed E-state index contributed by atoms with van der Waals surface area (Å²) < 4.78 is 1.92. The third kappa shape index (κ3) is 2.84. The Balaban J connectivity index is 2.20. The Bertz CT molecular complexity index is 635. The predicted molar refractivity (Wildman–Crippen MR) is 79.8 cm³/mol. The normalized spacial score (nSPS) is 11.4. The van der Waals surface area contributed by atoms with E-state index in [-0.39, 0.29) is 5.78 Å². The Hall–Kier alpha value is -1.68. The van der Waals surface area contributed by atoms with Crippen LogP contribution in [-0.4, -0.2) is 15.6 Å². The van der Waals surface area contributed by atoms with Crippen LogP contribution in [0.2, 0.25) is 0 Å². The van der Waals surface area contributed by atoms with Crippen molar-refractivity contribution in [1.82, 2.24) is 9.78 Å². The zero-order valence-corrected chi connectivity index (χ0v) is 12.5. The lowest BCUT2D eigenvalue weighted by atomic mass is 10.1. The summed E-state index contributed by atoms with van der Waals surface area (Å²) in [6.45, 7) is 8.92. The van der Waals surface area contributed by atoms with E-state index in [1.165, 1.54) is 4.88 Å². The van der Waals surface area contributed by atoms with E-state index in [0.29, 0.717) is 0 Å². The van der Waals surface area contributed by atoms with E-state index in [2.05, 4.69) is 12.0 Å². The van der Waals surface area contributed by atoms with Gasteiger partial charge in [0.05, 0.1) is 6.20 Å². The van der Waals surface area contributed by atoms with E-state index in [1.807, 2.05) is 37.6 Å². The van der Waals surface area contributed by atoms with Crippen molar-refractivity contribution in [2.45, 2.75) is 34.2 Å². The van der Waals surface area contributed by atoms with Gasteiger partial charge in [0.1, 0.15) is 0 Å².